The third-order valence-electron chi connectivity index (χ3n) is 4.10. The van der Waals surface area contributed by atoms with Gasteiger partial charge in [0, 0.05) is 20.1 Å². The number of pyridine rings is 1. The van der Waals surface area contributed by atoms with Crippen LogP contribution in [0.1, 0.15) is 28.0 Å². The Hall–Kier alpha value is -2.30. The lowest BCUT2D eigenvalue weighted by molar-refractivity contribution is -0.240. The minimum Gasteiger partial charge on any atom is -0.358 e. The molecule has 2 unspecified atom stereocenters. The SMILES string of the molecule is CNC(=O)c1cc(-c2cc(C3CNCC(C(F)(F)F)O3)cc(Cl)n2)nc(C)n1. The Morgan fingerprint density at radius 3 is 2.61 bits per heavy atom. The highest BCUT2D eigenvalue weighted by Gasteiger charge is 2.44. The van der Waals surface area contributed by atoms with E-state index in [4.69, 9.17) is 16.3 Å². The van der Waals surface area contributed by atoms with Crippen molar-refractivity contribution in [2.75, 3.05) is 20.1 Å². The van der Waals surface area contributed by atoms with Crippen LogP contribution < -0.4 is 10.6 Å². The van der Waals surface area contributed by atoms with Crippen LogP contribution in [0.3, 0.4) is 0 Å². The van der Waals surface area contributed by atoms with Gasteiger partial charge in [-0.3, -0.25) is 4.79 Å². The van der Waals surface area contributed by atoms with Crippen LogP contribution in [0.25, 0.3) is 11.4 Å². The Balaban J connectivity index is 1.96. The van der Waals surface area contributed by atoms with Gasteiger partial charge in [0.25, 0.3) is 5.91 Å². The summed E-state index contributed by atoms with van der Waals surface area (Å²) in [6.07, 6.45) is -7.25. The molecule has 7 nitrogen and oxygen atoms in total. The van der Waals surface area contributed by atoms with E-state index in [9.17, 15) is 18.0 Å². The van der Waals surface area contributed by atoms with Crippen LogP contribution in [0, 0.1) is 6.92 Å². The molecule has 3 rings (SSSR count). The molecule has 1 aliphatic heterocycles. The number of aryl methyl sites for hydroxylation is 1. The van der Waals surface area contributed by atoms with Crippen molar-refractivity contribution in [2.24, 2.45) is 0 Å². The lowest BCUT2D eigenvalue weighted by atomic mass is 10.1. The molecule has 0 aromatic carbocycles. The minimum atomic E-state index is -4.47. The van der Waals surface area contributed by atoms with Crippen molar-refractivity contribution in [3.8, 4) is 11.4 Å². The molecule has 2 aromatic rings. The average molecular weight is 416 g/mol. The lowest BCUT2D eigenvalue weighted by Gasteiger charge is -2.32. The number of nitrogens with one attached hydrogen (secondary N) is 2. The van der Waals surface area contributed by atoms with E-state index in [2.05, 4.69) is 25.6 Å². The number of carbonyl (C=O) groups is 1. The van der Waals surface area contributed by atoms with Gasteiger partial charge in [-0.2, -0.15) is 13.2 Å². The van der Waals surface area contributed by atoms with Crippen molar-refractivity contribution < 1.29 is 22.7 Å². The van der Waals surface area contributed by atoms with Crippen LogP contribution in [-0.4, -0.2) is 53.3 Å². The van der Waals surface area contributed by atoms with Crippen LogP contribution in [0.2, 0.25) is 5.15 Å². The first kappa shape index (κ1) is 20.4. The molecule has 1 saturated heterocycles. The number of ether oxygens (including phenoxy) is 1. The molecule has 0 radical (unpaired) electrons. The zero-order valence-corrected chi connectivity index (χ0v) is 15.7. The standard InChI is InChI=1S/C17H17ClF3N5O2/c1-8-24-11(5-12(25-8)16(27)22-2)10-3-9(4-15(18)26-10)13-6-23-7-14(28-13)17(19,20)21/h3-5,13-14,23H,6-7H2,1-2H3,(H,22,27). The van der Waals surface area contributed by atoms with Crippen LogP contribution in [-0.2, 0) is 4.74 Å². The average Bonchev–Trinajstić information content (AvgIpc) is 2.65. The summed E-state index contributed by atoms with van der Waals surface area (Å²) in [7, 11) is 1.47. The number of morpholine rings is 1. The molecule has 2 aromatic heterocycles. The van der Waals surface area contributed by atoms with E-state index in [1.807, 2.05) is 0 Å². The molecule has 2 atom stereocenters. The Morgan fingerprint density at radius 2 is 1.93 bits per heavy atom. The van der Waals surface area contributed by atoms with Gasteiger partial charge in [0.2, 0.25) is 0 Å². The maximum atomic E-state index is 13.0. The monoisotopic (exact) mass is 415 g/mol. The first-order valence-corrected chi connectivity index (χ1v) is 8.73. The first-order valence-electron chi connectivity index (χ1n) is 8.36. The molecule has 0 spiro atoms. The fourth-order valence-electron chi connectivity index (χ4n) is 2.81. The molecule has 1 amide bonds. The predicted octanol–water partition coefficient (Wildman–Crippen LogP) is 2.45. The third-order valence-corrected chi connectivity index (χ3v) is 4.29. The number of amides is 1. The second-order valence-corrected chi connectivity index (χ2v) is 6.57. The molecule has 1 fully saturated rings. The van der Waals surface area contributed by atoms with Crippen LogP contribution in [0.4, 0.5) is 13.2 Å². The number of nitrogens with zero attached hydrogens (tertiary/aromatic N) is 3. The summed E-state index contributed by atoms with van der Waals surface area (Å²) in [5.41, 5.74) is 1.19. The summed E-state index contributed by atoms with van der Waals surface area (Å²) in [6.45, 7) is 1.49. The number of hydrogen-bond acceptors (Lipinski definition) is 6. The molecular formula is C17H17ClF3N5O2. The molecule has 0 aliphatic carbocycles. The van der Waals surface area contributed by atoms with E-state index in [1.54, 1.807) is 13.0 Å². The van der Waals surface area contributed by atoms with Gasteiger partial charge in [-0.25, -0.2) is 15.0 Å². The van der Waals surface area contributed by atoms with Crippen LogP contribution in [0.15, 0.2) is 18.2 Å². The van der Waals surface area contributed by atoms with Crippen molar-refractivity contribution >= 4 is 17.5 Å². The number of hydrogen-bond donors (Lipinski definition) is 2. The fraction of sp³-hybridized carbons (Fsp3) is 0.412. The molecule has 3 heterocycles. The van der Waals surface area contributed by atoms with Crippen molar-refractivity contribution in [1.82, 2.24) is 25.6 Å². The van der Waals surface area contributed by atoms with Crippen LogP contribution in [0.5, 0.6) is 0 Å². The molecule has 0 bridgehead atoms. The Bertz CT molecular complexity index is 894. The molecular weight excluding hydrogens is 399 g/mol. The Morgan fingerprint density at radius 1 is 1.21 bits per heavy atom. The highest BCUT2D eigenvalue weighted by molar-refractivity contribution is 6.29. The lowest BCUT2D eigenvalue weighted by Crippen LogP contribution is -2.48. The van der Waals surface area contributed by atoms with Crippen molar-refractivity contribution in [2.45, 2.75) is 25.3 Å². The summed E-state index contributed by atoms with van der Waals surface area (Å²) in [5, 5.41) is 5.26. The number of halogens is 4. The maximum Gasteiger partial charge on any atom is 0.415 e. The van der Waals surface area contributed by atoms with E-state index in [0.717, 1.165) is 0 Å². The Labute approximate surface area is 163 Å². The summed E-state index contributed by atoms with van der Waals surface area (Å²) in [4.78, 5) is 24.4. The Kier molecular flexibility index (Phi) is 5.82. The normalized spacial score (nSPS) is 20.1. The summed E-state index contributed by atoms with van der Waals surface area (Å²) < 4.78 is 44.2. The largest absolute Gasteiger partial charge is 0.415 e. The van der Waals surface area contributed by atoms with E-state index in [0.29, 0.717) is 22.8 Å². The number of carbonyl (C=O) groups excluding carboxylic acids is 1. The minimum absolute atomic E-state index is 0.0722. The van der Waals surface area contributed by atoms with E-state index in [-0.39, 0.29) is 23.9 Å². The van der Waals surface area contributed by atoms with Gasteiger partial charge in [0.05, 0.1) is 17.5 Å². The topological polar surface area (TPSA) is 89.0 Å². The van der Waals surface area contributed by atoms with Gasteiger partial charge in [-0.1, -0.05) is 11.6 Å². The predicted molar refractivity (Wildman–Crippen MR) is 94.9 cm³/mol. The van der Waals surface area contributed by atoms with Gasteiger partial charge >= 0.3 is 6.18 Å². The summed E-state index contributed by atoms with van der Waals surface area (Å²) >= 11 is 6.08. The zero-order valence-electron chi connectivity index (χ0n) is 15.0. The van der Waals surface area contributed by atoms with Crippen molar-refractivity contribution in [3.63, 3.8) is 0 Å². The van der Waals surface area contributed by atoms with E-state index in [1.165, 1.54) is 19.2 Å². The molecule has 0 saturated carbocycles. The highest BCUT2D eigenvalue weighted by atomic mass is 35.5. The van der Waals surface area contributed by atoms with Crippen molar-refractivity contribution in [3.05, 3.63) is 40.4 Å². The second kappa shape index (κ2) is 7.98. The molecule has 28 heavy (non-hydrogen) atoms. The number of rotatable bonds is 3. The van der Waals surface area contributed by atoms with Gasteiger partial charge < -0.3 is 15.4 Å². The van der Waals surface area contributed by atoms with Crippen molar-refractivity contribution in [1.29, 1.82) is 0 Å². The third kappa shape index (κ3) is 4.57. The molecule has 2 N–H and O–H groups in total. The van der Waals surface area contributed by atoms with Gasteiger partial charge in [-0.15, -0.1) is 0 Å². The molecule has 150 valence electrons. The van der Waals surface area contributed by atoms with E-state index >= 15 is 0 Å². The van der Waals surface area contributed by atoms with E-state index < -0.39 is 24.3 Å². The smallest absolute Gasteiger partial charge is 0.358 e. The first-order chi connectivity index (χ1) is 13.2. The number of aromatic nitrogens is 3. The quantitative estimate of drug-likeness (QED) is 0.749. The maximum absolute atomic E-state index is 13.0. The van der Waals surface area contributed by atoms with Gasteiger partial charge in [0.15, 0.2) is 6.10 Å². The molecule has 1 aliphatic rings. The summed E-state index contributed by atoms with van der Waals surface area (Å²) in [6, 6.07) is 4.43. The zero-order chi connectivity index (χ0) is 20.5. The van der Waals surface area contributed by atoms with Crippen LogP contribution >= 0.6 is 11.6 Å². The second-order valence-electron chi connectivity index (χ2n) is 6.19. The van der Waals surface area contributed by atoms with Gasteiger partial charge in [-0.05, 0) is 30.7 Å². The fourth-order valence-corrected chi connectivity index (χ4v) is 3.02. The number of alkyl halides is 3. The van der Waals surface area contributed by atoms with Gasteiger partial charge in [0.1, 0.15) is 16.7 Å². The highest BCUT2D eigenvalue weighted by Crippen LogP contribution is 2.32. The summed E-state index contributed by atoms with van der Waals surface area (Å²) in [5.74, 6) is -0.0611. The molecule has 11 heteroatoms.